The summed E-state index contributed by atoms with van der Waals surface area (Å²) in [6, 6.07) is 7.88. The number of nitrogens with two attached hydrogens (primary N) is 1. The first-order valence-corrected chi connectivity index (χ1v) is 7.22. The predicted octanol–water partition coefficient (Wildman–Crippen LogP) is 3.08. The van der Waals surface area contributed by atoms with E-state index in [1.54, 1.807) is 0 Å². The van der Waals surface area contributed by atoms with Crippen molar-refractivity contribution < 1.29 is 0 Å². The summed E-state index contributed by atoms with van der Waals surface area (Å²) in [7, 11) is 0. The molecule has 2 heterocycles. The van der Waals surface area contributed by atoms with Crippen molar-refractivity contribution in [2.75, 3.05) is 23.7 Å². The maximum Gasteiger partial charge on any atom is 0.172 e. The van der Waals surface area contributed by atoms with E-state index in [4.69, 9.17) is 10.7 Å². The van der Waals surface area contributed by atoms with Gasteiger partial charge in [0.25, 0.3) is 0 Å². The summed E-state index contributed by atoms with van der Waals surface area (Å²) in [6.07, 6.45) is 1.19. The maximum absolute atomic E-state index is 6.11. The predicted molar refractivity (Wildman–Crippen MR) is 83.7 cm³/mol. The summed E-state index contributed by atoms with van der Waals surface area (Å²) in [5.74, 6) is 2.06. The van der Waals surface area contributed by atoms with Gasteiger partial charge in [-0.05, 0) is 29.9 Å². The van der Waals surface area contributed by atoms with Crippen molar-refractivity contribution in [2.45, 2.75) is 27.2 Å². The van der Waals surface area contributed by atoms with Crippen LogP contribution in [0.4, 0.5) is 11.6 Å². The molecule has 1 atom stereocenters. The molecule has 0 saturated carbocycles. The summed E-state index contributed by atoms with van der Waals surface area (Å²) in [5, 5.41) is 0. The van der Waals surface area contributed by atoms with Crippen LogP contribution in [-0.2, 0) is 0 Å². The van der Waals surface area contributed by atoms with E-state index < -0.39 is 0 Å². The minimum Gasteiger partial charge on any atom is -0.381 e. The van der Waals surface area contributed by atoms with Crippen LogP contribution in [0.15, 0.2) is 24.3 Å². The van der Waals surface area contributed by atoms with Gasteiger partial charge in [0.2, 0.25) is 0 Å². The highest BCUT2D eigenvalue weighted by atomic mass is 15.2. The molecule has 4 heteroatoms. The SMILES string of the molecule is CC(C)(C)C1CCN(c2nc3ccccc3nc2N)C1. The number of fused-ring (bicyclic) bond motifs is 1. The summed E-state index contributed by atoms with van der Waals surface area (Å²) in [4.78, 5) is 11.5. The van der Waals surface area contributed by atoms with Crippen LogP contribution in [0.25, 0.3) is 11.0 Å². The highest BCUT2D eigenvalue weighted by molar-refractivity contribution is 5.79. The maximum atomic E-state index is 6.11. The zero-order valence-corrected chi connectivity index (χ0v) is 12.4. The number of nitrogen functional groups attached to an aromatic ring is 1. The van der Waals surface area contributed by atoms with Gasteiger partial charge in [0.15, 0.2) is 11.6 Å². The Labute approximate surface area is 120 Å². The third-order valence-electron chi connectivity index (χ3n) is 4.29. The normalized spacial score (nSPS) is 19.8. The van der Waals surface area contributed by atoms with Crippen molar-refractivity contribution in [2.24, 2.45) is 11.3 Å². The number of hydrogen-bond donors (Lipinski definition) is 1. The first kappa shape index (κ1) is 13.2. The lowest BCUT2D eigenvalue weighted by Gasteiger charge is -2.27. The molecule has 4 nitrogen and oxygen atoms in total. The van der Waals surface area contributed by atoms with E-state index in [1.807, 2.05) is 24.3 Å². The first-order valence-electron chi connectivity index (χ1n) is 7.22. The van der Waals surface area contributed by atoms with E-state index >= 15 is 0 Å². The fourth-order valence-electron chi connectivity index (χ4n) is 2.90. The van der Waals surface area contributed by atoms with Crippen molar-refractivity contribution in [1.29, 1.82) is 0 Å². The summed E-state index contributed by atoms with van der Waals surface area (Å²) in [6.45, 7) is 8.93. The van der Waals surface area contributed by atoms with Gasteiger partial charge in [-0.25, -0.2) is 9.97 Å². The molecule has 0 radical (unpaired) electrons. The minimum atomic E-state index is 0.327. The standard InChI is InChI=1S/C16H22N4/c1-16(2,3)11-8-9-20(10-11)15-14(17)18-12-6-4-5-7-13(12)19-15/h4-7,11H,8-10H2,1-3H3,(H2,17,18). The highest BCUT2D eigenvalue weighted by Gasteiger charge is 2.33. The van der Waals surface area contributed by atoms with Crippen LogP contribution in [0.1, 0.15) is 27.2 Å². The topological polar surface area (TPSA) is 55.0 Å². The number of aromatic nitrogens is 2. The fraction of sp³-hybridized carbons (Fsp3) is 0.500. The molecule has 1 aromatic heterocycles. The van der Waals surface area contributed by atoms with Crippen LogP contribution in [0.3, 0.4) is 0 Å². The number of benzene rings is 1. The molecule has 1 fully saturated rings. The largest absolute Gasteiger partial charge is 0.381 e. The van der Waals surface area contributed by atoms with Gasteiger partial charge in [-0.2, -0.15) is 0 Å². The molecule has 2 aromatic rings. The molecular weight excluding hydrogens is 248 g/mol. The molecule has 1 aliphatic heterocycles. The van der Waals surface area contributed by atoms with Gasteiger partial charge >= 0.3 is 0 Å². The minimum absolute atomic E-state index is 0.327. The Kier molecular flexibility index (Phi) is 3.04. The molecule has 2 N–H and O–H groups in total. The van der Waals surface area contributed by atoms with Gasteiger partial charge in [0.05, 0.1) is 11.0 Å². The molecule has 3 rings (SSSR count). The van der Waals surface area contributed by atoms with E-state index in [0.29, 0.717) is 17.2 Å². The Hall–Kier alpha value is -1.84. The highest BCUT2D eigenvalue weighted by Crippen LogP contribution is 2.36. The second-order valence-corrected chi connectivity index (χ2v) is 6.72. The van der Waals surface area contributed by atoms with Crippen LogP contribution in [0, 0.1) is 11.3 Å². The van der Waals surface area contributed by atoms with Crippen LogP contribution >= 0.6 is 0 Å². The zero-order chi connectivity index (χ0) is 14.3. The van der Waals surface area contributed by atoms with Gasteiger partial charge in [0, 0.05) is 13.1 Å². The van der Waals surface area contributed by atoms with E-state index in [9.17, 15) is 0 Å². The number of para-hydroxylation sites is 2. The Morgan fingerprint density at radius 2 is 1.80 bits per heavy atom. The van der Waals surface area contributed by atoms with E-state index in [0.717, 1.165) is 29.9 Å². The van der Waals surface area contributed by atoms with Crippen LogP contribution in [-0.4, -0.2) is 23.1 Å². The van der Waals surface area contributed by atoms with Crippen molar-refractivity contribution in [3.05, 3.63) is 24.3 Å². The Morgan fingerprint density at radius 3 is 2.40 bits per heavy atom. The van der Waals surface area contributed by atoms with Gasteiger partial charge in [0.1, 0.15) is 0 Å². The van der Waals surface area contributed by atoms with Crippen molar-refractivity contribution >= 4 is 22.7 Å². The average Bonchev–Trinajstić information content (AvgIpc) is 2.87. The van der Waals surface area contributed by atoms with Crippen molar-refractivity contribution in [3.63, 3.8) is 0 Å². The third-order valence-corrected chi connectivity index (χ3v) is 4.29. The lowest BCUT2D eigenvalue weighted by Crippen LogP contribution is -2.27. The second kappa shape index (κ2) is 4.62. The number of hydrogen-bond acceptors (Lipinski definition) is 4. The fourth-order valence-corrected chi connectivity index (χ4v) is 2.90. The number of rotatable bonds is 1. The molecule has 20 heavy (non-hydrogen) atoms. The molecule has 0 amide bonds. The summed E-state index contributed by atoms with van der Waals surface area (Å²) in [5.41, 5.74) is 8.21. The van der Waals surface area contributed by atoms with Crippen molar-refractivity contribution in [1.82, 2.24) is 9.97 Å². The lowest BCUT2D eigenvalue weighted by atomic mass is 9.80. The van der Waals surface area contributed by atoms with Gasteiger partial charge in [-0.15, -0.1) is 0 Å². The summed E-state index contributed by atoms with van der Waals surface area (Å²) < 4.78 is 0. The van der Waals surface area contributed by atoms with Gasteiger partial charge in [-0.1, -0.05) is 32.9 Å². The van der Waals surface area contributed by atoms with Crippen LogP contribution < -0.4 is 10.6 Å². The molecule has 106 valence electrons. The molecule has 1 saturated heterocycles. The van der Waals surface area contributed by atoms with E-state index in [-0.39, 0.29) is 0 Å². The monoisotopic (exact) mass is 270 g/mol. The smallest absolute Gasteiger partial charge is 0.172 e. The van der Waals surface area contributed by atoms with E-state index in [2.05, 4.69) is 30.7 Å². The molecule has 1 aliphatic rings. The lowest BCUT2D eigenvalue weighted by molar-refractivity contribution is 0.263. The number of nitrogens with zero attached hydrogens (tertiary/aromatic N) is 3. The van der Waals surface area contributed by atoms with Crippen LogP contribution in [0.2, 0.25) is 0 Å². The molecule has 1 aromatic carbocycles. The molecule has 0 spiro atoms. The zero-order valence-electron chi connectivity index (χ0n) is 12.4. The third kappa shape index (κ3) is 2.30. The molecule has 1 unspecified atom stereocenters. The Balaban J connectivity index is 1.93. The Morgan fingerprint density at radius 1 is 1.15 bits per heavy atom. The Bertz CT molecular complexity index is 630. The molecular formula is C16H22N4. The second-order valence-electron chi connectivity index (χ2n) is 6.72. The summed E-state index contributed by atoms with van der Waals surface area (Å²) >= 11 is 0. The average molecular weight is 270 g/mol. The molecule has 0 aliphatic carbocycles. The van der Waals surface area contributed by atoms with Gasteiger partial charge < -0.3 is 10.6 Å². The van der Waals surface area contributed by atoms with Crippen LogP contribution in [0.5, 0.6) is 0 Å². The van der Waals surface area contributed by atoms with Crippen molar-refractivity contribution in [3.8, 4) is 0 Å². The van der Waals surface area contributed by atoms with Gasteiger partial charge in [-0.3, -0.25) is 0 Å². The van der Waals surface area contributed by atoms with E-state index in [1.165, 1.54) is 6.42 Å². The quantitative estimate of drug-likeness (QED) is 0.865. The number of anilines is 2. The molecule has 0 bridgehead atoms. The first-order chi connectivity index (χ1) is 9.45.